The molecule has 1 aromatic rings. The number of para-hydroxylation sites is 2. The summed E-state index contributed by atoms with van der Waals surface area (Å²) in [5, 5.41) is 2.88. The number of nitrogens with zero attached hydrogens (tertiary/aromatic N) is 2. The van der Waals surface area contributed by atoms with Crippen LogP contribution in [0.15, 0.2) is 24.3 Å². The van der Waals surface area contributed by atoms with E-state index < -0.39 is 11.8 Å². The largest absolute Gasteiger partial charge is 0.378 e. The van der Waals surface area contributed by atoms with E-state index in [1.165, 1.54) is 0 Å². The van der Waals surface area contributed by atoms with Crippen molar-refractivity contribution in [2.24, 2.45) is 10.8 Å². The Morgan fingerprint density at radius 3 is 2.57 bits per heavy atom. The molecule has 2 aliphatic heterocycles. The van der Waals surface area contributed by atoms with Gasteiger partial charge in [0, 0.05) is 25.7 Å². The summed E-state index contributed by atoms with van der Waals surface area (Å²) in [6.07, 6.45) is 3.06. The van der Waals surface area contributed by atoms with E-state index in [1.54, 1.807) is 0 Å². The summed E-state index contributed by atoms with van der Waals surface area (Å²) in [5.74, 6) is -0.933. The van der Waals surface area contributed by atoms with E-state index in [2.05, 4.69) is 31.0 Å². The lowest BCUT2D eigenvalue weighted by molar-refractivity contribution is -0.144. The average molecular weight is 386 g/mol. The highest BCUT2D eigenvalue weighted by atomic mass is 16.5. The van der Waals surface area contributed by atoms with Crippen LogP contribution in [0, 0.1) is 10.8 Å². The van der Waals surface area contributed by atoms with E-state index in [1.807, 2.05) is 29.2 Å². The van der Waals surface area contributed by atoms with Gasteiger partial charge in [-0.3, -0.25) is 9.59 Å². The van der Waals surface area contributed by atoms with Crippen LogP contribution >= 0.6 is 0 Å². The summed E-state index contributed by atoms with van der Waals surface area (Å²) in [6.45, 7) is 10.4. The van der Waals surface area contributed by atoms with Crippen LogP contribution < -0.4 is 10.2 Å². The topological polar surface area (TPSA) is 61.9 Å². The van der Waals surface area contributed by atoms with Crippen molar-refractivity contribution in [2.45, 2.75) is 46.1 Å². The molecule has 1 saturated carbocycles. The van der Waals surface area contributed by atoms with Gasteiger partial charge < -0.3 is 19.9 Å². The molecule has 0 aromatic heterocycles. The summed E-state index contributed by atoms with van der Waals surface area (Å²) in [5.41, 5.74) is 1.97. The van der Waals surface area contributed by atoms with Gasteiger partial charge in [-0.15, -0.1) is 0 Å². The zero-order valence-corrected chi connectivity index (χ0v) is 17.2. The number of hydrogen-bond acceptors (Lipinski definition) is 4. The maximum Gasteiger partial charge on any atom is 0.313 e. The van der Waals surface area contributed by atoms with Crippen molar-refractivity contribution >= 4 is 23.2 Å². The predicted molar refractivity (Wildman–Crippen MR) is 109 cm³/mol. The van der Waals surface area contributed by atoms with Crippen LogP contribution in [0.3, 0.4) is 0 Å². The molecule has 28 heavy (non-hydrogen) atoms. The number of nitrogens with one attached hydrogen (secondary N) is 1. The van der Waals surface area contributed by atoms with Gasteiger partial charge in [0.2, 0.25) is 0 Å². The van der Waals surface area contributed by atoms with Crippen LogP contribution in [0.5, 0.6) is 0 Å². The Bertz CT molecular complexity index is 772. The molecule has 1 aliphatic carbocycles. The van der Waals surface area contributed by atoms with Crippen molar-refractivity contribution < 1.29 is 14.3 Å². The first kappa shape index (κ1) is 19.2. The Morgan fingerprint density at radius 1 is 1.11 bits per heavy atom. The first-order valence-electron chi connectivity index (χ1n) is 10.3. The molecule has 6 nitrogen and oxygen atoms in total. The first-order valence-corrected chi connectivity index (χ1v) is 10.3. The zero-order valence-electron chi connectivity index (χ0n) is 17.2. The molecule has 0 spiro atoms. The molecule has 3 fully saturated rings. The molecule has 1 N–H and O–H groups in total. The zero-order chi connectivity index (χ0) is 19.9. The van der Waals surface area contributed by atoms with Gasteiger partial charge in [-0.1, -0.05) is 32.9 Å². The quantitative estimate of drug-likeness (QED) is 0.795. The lowest BCUT2D eigenvalue weighted by atomic mass is 9.65. The lowest BCUT2D eigenvalue weighted by Crippen LogP contribution is -2.43. The van der Waals surface area contributed by atoms with E-state index in [0.717, 1.165) is 38.0 Å². The number of likely N-dealkylation sites (tertiary alicyclic amines) is 1. The molecule has 6 heteroatoms. The molecule has 2 heterocycles. The predicted octanol–water partition coefficient (Wildman–Crippen LogP) is 2.89. The molecule has 152 valence electrons. The summed E-state index contributed by atoms with van der Waals surface area (Å²) < 4.78 is 5.42. The SMILES string of the molecule is CC1(C)CC2CC(C)(CN2C(=O)C(=O)Nc2ccccc2N2CCOCC2)C1. The van der Waals surface area contributed by atoms with Crippen LogP contribution in [0.25, 0.3) is 0 Å². The molecule has 3 aliphatic rings. The molecule has 2 saturated heterocycles. The van der Waals surface area contributed by atoms with Crippen molar-refractivity contribution in [3.8, 4) is 0 Å². The van der Waals surface area contributed by atoms with Gasteiger partial charge in [-0.2, -0.15) is 0 Å². The Morgan fingerprint density at radius 2 is 1.82 bits per heavy atom. The number of benzene rings is 1. The highest BCUT2D eigenvalue weighted by Crippen LogP contribution is 2.52. The second-order valence-corrected chi connectivity index (χ2v) is 9.72. The fourth-order valence-corrected chi connectivity index (χ4v) is 5.66. The number of anilines is 2. The van der Waals surface area contributed by atoms with Crippen LogP contribution in [0.1, 0.15) is 40.0 Å². The number of fused-ring (bicyclic) bond motifs is 2. The minimum atomic E-state index is -0.533. The van der Waals surface area contributed by atoms with Gasteiger partial charge in [0.25, 0.3) is 0 Å². The normalized spacial score (nSPS) is 28.9. The van der Waals surface area contributed by atoms with Gasteiger partial charge in [0.05, 0.1) is 24.6 Å². The molecule has 2 unspecified atom stereocenters. The van der Waals surface area contributed by atoms with Gasteiger partial charge in [-0.25, -0.2) is 0 Å². The van der Waals surface area contributed by atoms with Crippen molar-refractivity contribution in [3.05, 3.63) is 24.3 Å². The van der Waals surface area contributed by atoms with E-state index in [9.17, 15) is 9.59 Å². The third-order valence-electron chi connectivity index (χ3n) is 6.37. The number of rotatable bonds is 2. The number of hydrogen-bond donors (Lipinski definition) is 1. The number of amides is 2. The van der Waals surface area contributed by atoms with Crippen molar-refractivity contribution in [3.63, 3.8) is 0 Å². The fraction of sp³-hybridized carbons (Fsp3) is 0.636. The molecule has 2 bridgehead atoms. The fourth-order valence-electron chi connectivity index (χ4n) is 5.66. The Hall–Kier alpha value is -2.08. The maximum absolute atomic E-state index is 13.0. The molecular weight excluding hydrogens is 354 g/mol. The van der Waals surface area contributed by atoms with Gasteiger partial charge >= 0.3 is 11.8 Å². The second kappa shape index (κ2) is 7.07. The second-order valence-electron chi connectivity index (χ2n) is 9.72. The summed E-state index contributed by atoms with van der Waals surface area (Å²) >= 11 is 0. The summed E-state index contributed by atoms with van der Waals surface area (Å²) in [7, 11) is 0. The van der Waals surface area contributed by atoms with Crippen molar-refractivity contribution in [1.82, 2.24) is 4.90 Å². The van der Waals surface area contributed by atoms with E-state index in [-0.39, 0.29) is 16.9 Å². The first-order chi connectivity index (χ1) is 13.3. The molecule has 1 aromatic carbocycles. The lowest BCUT2D eigenvalue weighted by Gasteiger charge is -2.39. The number of ether oxygens (including phenoxy) is 1. The Labute approximate surface area is 167 Å². The molecule has 2 atom stereocenters. The average Bonchev–Trinajstić information content (AvgIpc) is 2.91. The highest BCUT2D eigenvalue weighted by molar-refractivity contribution is 6.40. The van der Waals surface area contributed by atoms with E-state index >= 15 is 0 Å². The third-order valence-corrected chi connectivity index (χ3v) is 6.37. The smallest absolute Gasteiger partial charge is 0.313 e. The third kappa shape index (κ3) is 3.75. The minimum Gasteiger partial charge on any atom is -0.378 e. The molecule has 0 radical (unpaired) electrons. The molecule has 2 amide bonds. The van der Waals surface area contributed by atoms with Crippen molar-refractivity contribution in [1.29, 1.82) is 0 Å². The highest BCUT2D eigenvalue weighted by Gasteiger charge is 2.51. The Balaban J connectivity index is 1.48. The number of carbonyl (C=O) groups excluding carboxylic acids is 2. The summed E-state index contributed by atoms with van der Waals surface area (Å²) in [4.78, 5) is 29.9. The standard InChI is InChI=1S/C22H31N3O3/c1-21(2)12-16-13-22(3,14-21)15-25(16)20(27)19(26)23-17-6-4-5-7-18(17)24-8-10-28-11-9-24/h4-7,16H,8-15H2,1-3H3,(H,23,26). The minimum absolute atomic E-state index is 0.119. The van der Waals surface area contributed by atoms with Crippen molar-refractivity contribution in [2.75, 3.05) is 43.1 Å². The maximum atomic E-state index is 13.0. The van der Waals surface area contributed by atoms with Crippen LogP contribution in [-0.4, -0.2) is 55.6 Å². The number of carbonyl (C=O) groups is 2. The van der Waals surface area contributed by atoms with E-state index in [4.69, 9.17) is 4.74 Å². The van der Waals surface area contributed by atoms with Crippen LogP contribution in [0.2, 0.25) is 0 Å². The molecule has 4 rings (SSSR count). The number of morpholine rings is 1. The van der Waals surface area contributed by atoms with Gasteiger partial charge in [0.1, 0.15) is 0 Å². The van der Waals surface area contributed by atoms with Gasteiger partial charge in [0.15, 0.2) is 0 Å². The van der Waals surface area contributed by atoms with Crippen LogP contribution in [0.4, 0.5) is 11.4 Å². The summed E-state index contributed by atoms with van der Waals surface area (Å²) in [6, 6.07) is 7.85. The van der Waals surface area contributed by atoms with E-state index in [0.29, 0.717) is 25.4 Å². The monoisotopic (exact) mass is 385 g/mol. The molecular formula is C22H31N3O3. The Kier molecular flexibility index (Phi) is 4.86. The van der Waals surface area contributed by atoms with Gasteiger partial charge in [-0.05, 0) is 42.2 Å². The van der Waals surface area contributed by atoms with Crippen LogP contribution in [-0.2, 0) is 14.3 Å².